The maximum absolute atomic E-state index is 13.4. The van der Waals surface area contributed by atoms with Gasteiger partial charge in [-0.2, -0.15) is 4.80 Å². The highest BCUT2D eigenvalue weighted by atomic mass is 19.3. The Morgan fingerprint density at radius 3 is 2.83 bits per heavy atom. The molecule has 3 saturated carbocycles. The second-order valence-electron chi connectivity index (χ2n) is 10.5. The fraction of sp³-hybridized carbons (Fsp3) is 0.783. The van der Waals surface area contributed by atoms with Gasteiger partial charge in [0.1, 0.15) is 5.60 Å². The Hall–Kier alpha value is -1.63. The Balaban J connectivity index is 1.34. The number of hydrogen-bond donors (Lipinski definition) is 1. The van der Waals surface area contributed by atoms with Gasteiger partial charge in [-0.15, -0.1) is 10.2 Å². The van der Waals surface area contributed by atoms with Crippen molar-refractivity contribution in [2.75, 3.05) is 0 Å². The number of alkyl halides is 2. The van der Waals surface area contributed by atoms with E-state index < -0.39 is 12.0 Å². The van der Waals surface area contributed by atoms with E-state index in [2.05, 4.69) is 35.0 Å². The van der Waals surface area contributed by atoms with E-state index in [1.165, 1.54) is 18.3 Å². The summed E-state index contributed by atoms with van der Waals surface area (Å²) < 4.78 is 26.8. The van der Waals surface area contributed by atoms with Crippen LogP contribution in [-0.4, -0.2) is 37.3 Å². The van der Waals surface area contributed by atoms with Crippen molar-refractivity contribution >= 4 is 0 Å². The van der Waals surface area contributed by atoms with Crippen LogP contribution in [0.25, 0.3) is 0 Å². The standard InChI is InChI=1S/C23H32F2N4O/c1-14(12-29-27-13-26-28-29)19-5-6-20-18-4-3-15-11-23(30,21(24)25)10-8-16(15)17(18)7-9-22(19,20)2/h3,13,16-21,30H,1,4-12H2,2H3/t16-,17+,18+,19+,20-,22+,23+/m0/s1. The molecule has 30 heavy (non-hydrogen) atoms. The monoisotopic (exact) mass is 418 g/mol. The molecule has 0 radical (unpaired) electrons. The molecule has 3 fully saturated rings. The van der Waals surface area contributed by atoms with Crippen molar-refractivity contribution in [1.29, 1.82) is 0 Å². The summed E-state index contributed by atoms with van der Waals surface area (Å²) in [5.41, 5.74) is 0.722. The van der Waals surface area contributed by atoms with Gasteiger partial charge < -0.3 is 5.11 Å². The third kappa shape index (κ3) is 3.07. The molecule has 5 rings (SSSR count). The Morgan fingerprint density at radius 2 is 2.10 bits per heavy atom. The maximum atomic E-state index is 13.4. The Labute approximate surface area is 176 Å². The fourth-order valence-corrected chi connectivity index (χ4v) is 7.73. The second kappa shape index (κ2) is 7.21. The SMILES string of the molecule is C=C(Cn1ncnn1)[C@H]1CC[C@H]2[C@@H]3CC=C4C[C@@](O)(C(F)F)CC[C@@H]4[C@H]3CC[C@]12C. The third-order valence-corrected chi connectivity index (χ3v) is 9.17. The lowest BCUT2D eigenvalue weighted by Crippen LogP contribution is -2.49. The van der Waals surface area contributed by atoms with Crippen molar-refractivity contribution in [3.05, 3.63) is 30.1 Å². The fourth-order valence-electron chi connectivity index (χ4n) is 7.73. The lowest BCUT2D eigenvalue weighted by Gasteiger charge is -2.54. The van der Waals surface area contributed by atoms with Crippen LogP contribution in [0.4, 0.5) is 8.78 Å². The topological polar surface area (TPSA) is 63.8 Å². The first-order valence-corrected chi connectivity index (χ1v) is 11.4. The van der Waals surface area contributed by atoms with Crippen LogP contribution in [0, 0.1) is 35.0 Å². The van der Waals surface area contributed by atoms with Gasteiger partial charge in [0.15, 0.2) is 6.33 Å². The number of hydrogen-bond acceptors (Lipinski definition) is 4. The summed E-state index contributed by atoms with van der Waals surface area (Å²) in [4.78, 5) is 1.62. The predicted octanol–water partition coefficient (Wildman–Crippen LogP) is 4.41. The maximum Gasteiger partial charge on any atom is 0.267 e. The Bertz CT molecular complexity index is 840. The molecule has 1 aromatic heterocycles. The van der Waals surface area contributed by atoms with Crippen molar-refractivity contribution in [2.24, 2.45) is 35.0 Å². The smallest absolute Gasteiger partial charge is 0.267 e. The van der Waals surface area contributed by atoms with E-state index in [9.17, 15) is 13.9 Å². The van der Waals surface area contributed by atoms with Gasteiger partial charge in [0.25, 0.3) is 6.43 Å². The minimum atomic E-state index is -2.66. The van der Waals surface area contributed by atoms with E-state index in [-0.39, 0.29) is 18.3 Å². The lowest BCUT2D eigenvalue weighted by atomic mass is 9.51. The van der Waals surface area contributed by atoms with Gasteiger partial charge in [-0.1, -0.05) is 30.7 Å². The highest BCUT2D eigenvalue weighted by Crippen LogP contribution is 2.64. The van der Waals surface area contributed by atoms with Gasteiger partial charge in [0.2, 0.25) is 0 Å². The van der Waals surface area contributed by atoms with E-state index in [0.29, 0.717) is 42.6 Å². The Kier molecular flexibility index (Phi) is 4.88. The number of rotatable bonds is 4. The quantitative estimate of drug-likeness (QED) is 0.736. The molecular formula is C23H32F2N4O. The molecule has 0 unspecified atom stereocenters. The van der Waals surface area contributed by atoms with Crippen LogP contribution in [0.1, 0.15) is 58.3 Å². The first kappa shape index (κ1) is 20.3. The van der Waals surface area contributed by atoms with Crippen LogP contribution in [0.2, 0.25) is 0 Å². The molecule has 1 heterocycles. The Morgan fingerprint density at radius 1 is 1.27 bits per heavy atom. The number of allylic oxidation sites excluding steroid dienone is 2. The summed E-state index contributed by atoms with van der Waals surface area (Å²) in [5.74, 6) is 2.70. The minimum absolute atomic E-state index is 0.158. The summed E-state index contributed by atoms with van der Waals surface area (Å²) >= 11 is 0. The van der Waals surface area contributed by atoms with Crippen molar-refractivity contribution in [3.63, 3.8) is 0 Å². The molecule has 5 nitrogen and oxygen atoms in total. The zero-order chi connectivity index (χ0) is 21.1. The summed E-state index contributed by atoms with van der Waals surface area (Å²) in [6.07, 6.45) is 7.75. The molecular weight excluding hydrogens is 386 g/mol. The zero-order valence-corrected chi connectivity index (χ0v) is 17.7. The molecule has 7 heteroatoms. The van der Waals surface area contributed by atoms with Gasteiger partial charge in [-0.05, 0) is 85.2 Å². The van der Waals surface area contributed by atoms with Crippen LogP contribution >= 0.6 is 0 Å². The second-order valence-corrected chi connectivity index (χ2v) is 10.5. The van der Waals surface area contributed by atoms with E-state index in [0.717, 1.165) is 31.3 Å². The van der Waals surface area contributed by atoms with Gasteiger partial charge in [-0.25, -0.2) is 8.78 Å². The van der Waals surface area contributed by atoms with Crippen LogP contribution < -0.4 is 0 Å². The molecule has 4 aliphatic rings. The molecule has 7 atom stereocenters. The van der Waals surface area contributed by atoms with E-state index in [1.54, 1.807) is 4.80 Å². The van der Waals surface area contributed by atoms with Gasteiger partial charge in [-0.3, -0.25) is 0 Å². The van der Waals surface area contributed by atoms with E-state index in [1.807, 2.05) is 0 Å². The molecule has 0 spiro atoms. The van der Waals surface area contributed by atoms with Gasteiger partial charge >= 0.3 is 0 Å². The number of fused-ring (bicyclic) bond motifs is 5. The number of tetrazole rings is 1. The number of aliphatic hydroxyl groups is 1. The first-order chi connectivity index (χ1) is 14.3. The molecule has 164 valence electrons. The van der Waals surface area contributed by atoms with Crippen LogP contribution in [0.5, 0.6) is 0 Å². The third-order valence-electron chi connectivity index (χ3n) is 9.17. The summed E-state index contributed by atoms with van der Waals surface area (Å²) in [7, 11) is 0. The molecule has 1 aromatic rings. The number of halogens is 2. The normalized spacial score (nSPS) is 43.0. The van der Waals surface area contributed by atoms with Crippen molar-refractivity contribution in [2.45, 2.75) is 76.9 Å². The van der Waals surface area contributed by atoms with Crippen LogP contribution in [-0.2, 0) is 6.54 Å². The molecule has 0 amide bonds. The van der Waals surface area contributed by atoms with Crippen molar-refractivity contribution in [1.82, 2.24) is 20.2 Å². The predicted molar refractivity (Wildman–Crippen MR) is 108 cm³/mol. The number of aromatic nitrogens is 4. The molecule has 1 N–H and O–H groups in total. The van der Waals surface area contributed by atoms with Crippen LogP contribution in [0.15, 0.2) is 30.1 Å². The average Bonchev–Trinajstić information content (AvgIpc) is 3.34. The molecule has 0 bridgehead atoms. The largest absolute Gasteiger partial charge is 0.384 e. The average molecular weight is 419 g/mol. The van der Waals surface area contributed by atoms with Gasteiger partial charge in [0.05, 0.1) is 6.54 Å². The molecule has 0 aromatic carbocycles. The van der Waals surface area contributed by atoms with Crippen LogP contribution in [0.3, 0.4) is 0 Å². The molecule has 0 aliphatic heterocycles. The van der Waals surface area contributed by atoms with E-state index >= 15 is 0 Å². The lowest BCUT2D eigenvalue weighted by molar-refractivity contribution is -0.119. The minimum Gasteiger partial charge on any atom is -0.384 e. The highest BCUT2D eigenvalue weighted by molar-refractivity contribution is 5.23. The van der Waals surface area contributed by atoms with Crippen molar-refractivity contribution in [3.8, 4) is 0 Å². The first-order valence-electron chi connectivity index (χ1n) is 11.4. The molecule has 4 aliphatic carbocycles. The summed E-state index contributed by atoms with van der Waals surface area (Å²) in [5, 5.41) is 22.3. The summed E-state index contributed by atoms with van der Waals surface area (Å²) in [6.45, 7) is 7.48. The van der Waals surface area contributed by atoms with E-state index in [4.69, 9.17) is 0 Å². The van der Waals surface area contributed by atoms with Crippen molar-refractivity contribution < 1.29 is 13.9 Å². The number of nitrogens with zero attached hydrogens (tertiary/aromatic N) is 4. The van der Waals surface area contributed by atoms with Gasteiger partial charge in [0, 0.05) is 6.42 Å². The summed E-state index contributed by atoms with van der Waals surface area (Å²) in [6, 6.07) is 0. The zero-order valence-electron chi connectivity index (χ0n) is 17.7. The highest BCUT2D eigenvalue weighted by Gasteiger charge is 2.57. The molecule has 0 saturated heterocycles.